The van der Waals surface area contributed by atoms with Gasteiger partial charge in [-0.05, 0) is 30.7 Å². The van der Waals surface area contributed by atoms with Crippen molar-refractivity contribution in [2.45, 2.75) is 19.1 Å². The number of rotatable bonds is 3. The maximum Gasteiger partial charge on any atom is 0.278 e. The number of fused-ring (bicyclic) bond motifs is 1. The lowest BCUT2D eigenvalue weighted by Gasteiger charge is -2.40. The van der Waals surface area contributed by atoms with Crippen LogP contribution in [-0.4, -0.2) is 53.4 Å². The summed E-state index contributed by atoms with van der Waals surface area (Å²) in [5, 5.41) is 3.53. The van der Waals surface area contributed by atoms with Gasteiger partial charge in [-0.15, -0.1) is 0 Å². The summed E-state index contributed by atoms with van der Waals surface area (Å²) in [5.41, 5.74) is 0.101. The summed E-state index contributed by atoms with van der Waals surface area (Å²) < 4.78 is 5.85. The van der Waals surface area contributed by atoms with Gasteiger partial charge in [-0.25, -0.2) is 0 Å². The van der Waals surface area contributed by atoms with Crippen LogP contribution in [-0.2, 0) is 16.1 Å². The summed E-state index contributed by atoms with van der Waals surface area (Å²) in [6.07, 6.45) is 0. The van der Waals surface area contributed by atoms with Gasteiger partial charge in [0.25, 0.3) is 17.4 Å². The van der Waals surface area contributed by atoms with Crippen molar-refractivity contribution in [3.63, 3.8) is 0 Å². The Balaban J connectivity index is 1.41. The van der Waals surface area contributed by atoms with Crippen LogP contribution in [0.4, 0.5) is 5.69 Å². The molecule has 2 aliphatic heterocycles. The van der Waals surface area contributed by atoms with Crippen molar-refractivity contribution < 1.29 is 14.3 Å². The predicted molar refractivity (Wildman–Crippen MR) is 107 cm³/mol. The van der Waals surface area contributed by atoms with Crippen molar-refractivity contribution in [3.05, 3.63) is 59.1 Å². The van der Waals surface area contributed by atoms with Gasteiger partial charge in [-0.1, -0.05) is 41.9 Å². The summed E-state index contributed by atoms with van der Waals surface area (Å²) in [6.45, 7) is 4.78. The van der Waals surface area contributed by atoms with Crippen molar-refractivity contribution in [2.24, 2.45) is 0 Å². The summed E-state index contributed by atoms with van der Waals surface area (Å²) in [6, 6.07) is 14.9. The second-order valence-electron chi connectivity index (χ2n) is 7.25. The van der Waals surface area contributed by atoms with Crippen LogP contribution in [0.5, 0.6) is 5.75 Å². The molecule has 0 spiro atoms. The van der Waals surface area contributed by atoms with Gasteiger partial charge in [0.1, 0.15) is 5.75 Å². The number of benzene rings is 2. The lowest BCUT2D eigenvalue weighted by Crippen LogP contribution is -2.62. The average Bonchev–Trinajstić information content (AvgIpc) is 2.70. The van der Waals surface area contributed by atoms with Gasteiger partial charge in [0, 0.05) is 37.7 Å². The lowest BCUT2D eigenvalue weighted by molar-refractivity contribution is -0.155. The second kappa shape index (κ2) is 7.45. The van der Waals surface area contributed by atoms with Crippen LogP contribution in [0.2, 0.25) is 5.02 Å². The van der Waals surface area contributed by atoms with Gasteiger partial charge in [0.15, 0.2) is 0 Å². The molecule has 0 aromatic heterocycles. The van der Waals surface area contributed by atoms with E-state index in [-0.39, 0.29) is 5.91 Å². The summed E-state index contributed by atoms with van der Waals surface area (Å²) in [5.74, 6) is -0.234. The molecule has 0 aliphatic carbocycles. The number of carbonyl (C=O) groups excluding carboxylic acids is 2. The minimum atomic E-state index is -1.56. The van der Waals surface area contributed by atoms with E-state index in [1.54, 1.807) is 17.0 Å². The highest BCUT2D eigenvalue weighted by atomic mass is 35.5. The number of amides is 2. The van der Waals surface area contributed by atoms with Gasteiger partial charge in [0.2, 0.25) is 0 Å². The number of anilines is 1. The summed E-state index contributed by atoms with van der Waals surface area (Å²) in [4.78, 5) is 29.7. The molecule has 2 aliphatic rings. The van der Waals surface area contributed by atoms with E-state index < -0.39 is 11.5 Å². The second-order valence-corrected chi connectivity index (χ2v) is 7.65. The van der Waals surface area contributed by atoms with Crippen molar-refractivity contribution in [2.75, 3.05) is 31.5 Å². The molecule has 0 bridgehead atoms. The number of piperazine rings is 1. The first kappa shape index (κ1) is 18.8. The van der Waals surface area contributed by atoms with Crippen LogP contribution in [0.15, 0.2) is 48.5 Å². The largest absolute Gasteiger partial charge is 0.466 e. The molecular weight excluding hydrogens is 378 g/mol. The van der Waals surface area contributed by atoms with Crippen molar-refractivity contribution in [1.82, 2.24) is 9.80 Å². The number of halogens is 1. The molecule has 0 radical (unpaired) electrons. The zero-order chi connectivity index (χ0) is 19.7. The standard InChI is InChI=1S/C21H22ClN3O3/c1-21(19(26)23-17-8-4-5-9-18(17)28-21)20(27)25-12-10-24(11-13-25)14-15-6-2-3-7-16(15)22/h2-9H,10-14H2,1H3,(H,23,26). The average molecular weight is 400 g/mol. The van der Waals surface area contributed by atoms with Gasteiger partial charge in [-0.3, -0.25) is 14.5 Å². The molecule has 1 unspecified atom stereocenters. The Hall–Kier alpha value is -2.57. The van der Waals surface area contributed by atoms with E-state index in [0.717, 1.165) is 17.1 Å². The van der Waals surface area contributed by atoms with Gasteiger partial charge >= 0.3 is 0 Å². The number of hydrogen-bond acceptors (Lipinski definition) is 4. The summed E-state index contributed by atoms with van der Waals surface area (Å²) >= 11 is 6.25. The first-order chi connectivity index (χ1) is 13.5. The maximum absolute atomic E-state index is 13.1. The molecule has 1 N–H and O–H groups in total. The van der Waals surface area contributed by atoms with Crippen molar-refractivity contribution >= 4 is 29.1 Å². The Labute approximate surface area is 169 Å². The van der Waals surface area contributed by atoms with Crippen LogP contribution in [0.3, 0.4) is 0 Å². The Morgan fingerprint density at radius 3 is 2.54 bits per heavy atom. The van der Waals surface area contributed by atoms with E-state index in [9.17, 15) is 9.59 Å². The molecule has 6 nitrogen and oxygen atoms in total. The van der Waals surface area contributed by atoms with E-state index in [4.69, 9.17) is 16.3 Å². The Morgan fingerprint density at radius 2 is 1.79 bits per heavy atom. The van der Waals surface area contributed by atoms with E-state index in [0.29, 0.717) is 37.6 Å². The molecule has 1 atom stereocenters. The fourth-order valence-corrected chi connectivity index (χ4v) is 3.78. The molecule has 2 amide bonds. The zero-order valence-electron chi connectivity index (χ0n) is 15.7. The molecule has 1 fully saturated rings. The number of nitrogens with one attached hydrogen (secondary N) is 1. The normalized spacial score (nSPS) is 22.2. The third-order valence-corrected chi connectivity index (χ3v) is 5.67. The fourth-order valence-electron chi connectivity index (χ4n) is 3.59. The Bertz CT molecular complexity index is 911. The Kier molecular flexibility index (Phi) is 5.00. The quantitative estimate of drug-likeness (QED) is 0.806. The van der Waals surface area contributed by atoms with E-state index >= 15 is 0 Å². The van der Waals surface area contributed by atoms with Crippen LogP contribution in [0, 0.1) is 0 Å². The van der Waals surface area contributed by atoms with E-state index in [2.05, 4.69) is 10.2 Å². The highest BCUT2D eigenvalue weighted by molar-refractivity contribution is 6.31. The van der Waals surface area contributed by atoms with E-state index in [1.165, 1.54) is 6.92 Å². The molecule has 1 saturated heterocycles. The van der Waals surface area contributed by atoms with Crippen LogP contribution in [0.1, 0.15) is 12.5 Å². The number of hydrogen-bond donors (Lipinski definition) is 1. The minimum absolute atomic E-state index is 0.308. The van der Waals surface area contributed by atoms with Gasteiger partial charge in [-0.2, -0.15) is 0 Å². The van der Waals surface area contributed by atoms with Crippen molar-refractivity contribution in [1.29, 1.82) is 0 Å². The molecular formula is C21H22ClN3O3. The first-order valence-electron chi connectivity index (χ1n) is 9.32. The highest BCUT2D eigenvalue weighted by Gasteiger charge is 2.49. The molecule has 2 aromatic rings. The van der Waals surface area contributed by atoms with Crippen molar-refractivity contribution in [3.8, 4) is 5.75 Å². The predicted octanol–water partition coefficient (Wildman–Crippen LogP) is 2.77. The monoisotopic (exact) mass is 399 g/mol. The third kappa shape index (κ3) is 3.45. The van der Waals surface area contributed by atoms with Crippen LogP contribution in [0.25, 0.3) is 0 Å². The van der Waals surface area contributed by atoms with Crippen LogP contribution >= 0.6 is 11.6 Å². The SMILES string of the molecule is CC1(C(=O)N2CCN(Cc3ccccc3Cl)CC2)Oc2ccccc2NC1=O. The molecule has 146 valence electrons. The number of nitrogens with zero attached hydrogens (tertiary/aromatic N) is 2. The minimum Gasteiger partial charge on any atom is -0.466 e. The number of carbonyl (C=O) groups is 2. The molecule has 2 aromatic carbocycles. The zero-order valence-corrected chi connectivity index (χ0v) is 16.4. The topological polar surface area (TPSA) is 61.9 Å². The summed E-state index contributed by atoms with van der Waals surface area (Å²) in [7, 11) is 0. The van der Waals surface area contributed by atoms with Crippen LogP contribution < -0.4 is 10.1 Å². The highest BCUT2D eigenvalue weighted by Crippen LogP contribution is 2.34. The molecule has 7 heteroatoms. The Morgan fingerprint density at radius 1 is 1.11 bits per heavy atom. The smallest absolute Gasteiger partial charge is 0.278 e. The van der Waals surface area contributed by atoms with Gasteiger partial charge in [0.05, 0.1) is 5.69 Å². The first-order valence-corrected chi connectivity index (χ1v) is 9.70. The molecule has 0 saturated carbocycles. The van der Waals surface area contributed by atoms with Gasteiger partial charge < -0.3 is 15.0 Å². The maximum atomic E-state index is 13.1. The fraction of sp³-hybridized carbons (Fsp3) is 0.333. The molecule has 28 heavy (non-hydrogen) atoms. The number of ether oxygens (including phenoxy) is 1. The van der Waals surface area contributed by atoms with E-state index in [1.807, 2.05) is 36.4 Å². The lowest BCUT2D eigenvalue weighted by atomic mass is 10.00. The molecule has 2 heterocycles. The third-order valence-electron chi connectivity index (χ3n) is 5.30. The molecule has 4 rings (SSSR count). The number of para-hydroxylation sites is 2.